The van der Waals surface area contributed by atoms with E-state index < -0.39 is 0 Å². The molecule has 8 heavy (non-hydrogen) atoms. The maximum absolute atomic E-state index is 5.28. The van der Waals surface area contributed by atoms with Gasteiger partial charge in [-0.05, 0) is 6.42 Å². The Morgan fingerprint density at radius 3 is 2.12 bits per heavy atom. The van der Waals surface area contributed by atoms with Crippen LogP contribution in [0.25, 0.3) is 0 Å². The van der Waals surface area contributed by atoms with E-state index in [4.69, 9.17) is 5.73 Å². The number of hydrogen-bond acceptors (Lipinski definition) is 2. The Balaban J connectivity index is 3.72. The van der Waals surface area contributed by atoms with Gasteiger partial charge in [0.25, 0.3) is 0 Å². The van der Waals surface area contributed by atoms with Crippen LogP contribution in [0.5, 0.6) is 0 Å². The van der Waals surface area contributed by atoms with E-state index in [-0.39, 0.29) is 0 Å². The Labute approximate surface area is 51.0 Å². The summed E-state index contributed by atoms with van der Waals surface area (Å²) in [5, 5.41) is 0. The fourth-order valence-corrected chi connectivity index (χ4v) is 0.583. The highest BCUT2D eigenvalue weighted by Crippen LogP contribution is 1.99. The molecular weight excluding hydrogens is 100 g/mol. The zero-order valence-corrected chi connectivity index (χ0v) is 5.81. The summed E-state index contributed by atoms with van der Waals surface area (Å²) >= 11 is 0. The molecule has 0 aromatic carbocycles. The lowest BCUT2D eigenvalue weighted by molar-refractivity contribution is 0.492. The molecular formula is C6H14N2. The highest BCUT2D eigenvalue weighted by molar-refractivity contribution is 4.94. The van der Waals surface area contributed by atoms with E-state index in [1.807, 2.05) is 19.0 Å². The van der Waals surface area contributed by atoms with Gasteiger partial charge in [0.05, 0.1) is 0 Å². The second kappa shape index (κ2) is 3.36. The molecule has 0 aromatic heterocycles. The summed E-state index contributed by atoms with van der Waals surface area (Å²) in [6.45, 7) is 2.08. The molecule has 0 rings (SSSR count). The van der Waals surface area contributed by atoms with Gasteiger partial charge in [-0.25, -0.2) is 0 Å². The molecule has 0 aliphatic carbocycles. The Kier molecular flexibility index (Phi) is 3.08. The third kappa shape index (κ3) is 1.87. The van der Waals surface area contributed by atoms with Crippen molar-refractivity contribution in [2.45, 2.75) is 13.3 Å². The van der Waals surface area contributed by atoms with Crippen LogP contribution in [0.2, 0.25) is 0 Å². The molecule has 0 unspecified atom stereocenters. The van der Waals surface area contributed by atoms with Crippen LogP contribution in [-0.4, -0.2) is 19.0 Å². The van der Waals surface area contributed by atoms with E-state index in [0.717, 1.165) is 6.42 Å². The second-order valence-corrected chi connectivity index (χ2v) is 1.91. The summed E-state index contributed by atoms with van der Waals surface area (Å²) in [6.07, 6.45) is 2.64. The summed E-state index contributed by atoms with van der Waals surface area (Å²) in [4.78, 5) is 2.01. The second-order valence-electron chi connectivity index (χ2n) is 1.91. The molecule has 0 heterocycles. The zero-order chi connectivity index (χ0) is 6.57. The van der Waals surface area contributed by atoms with E-state index in [1.165, 1.54) is 5.70 Å². The van der Waals surface area contributed by atoms with Crippen LogP contribution < -0.4 is 5.73 Å². The summed E-state index contributed by atoms with van der Waals surface area (Å²) < 4.78 is 0. The minimum Gasteiger partial charge on any atom is -0.403 e. The van der Waals surface area contributed by atoms with Crippen molar-refractivity contribution in [3.8, 4) is 0 Å². The highest BCUT2D eigenvalue weighted by Gasteiger charge is 1.90. The molecule has 48 valence electrons. The van der Waals surface area contributed by atoms with Crippen molar-refractivity contribution in [3.63, 3.8) is 0 Å². The van der Waals surface area contributed by atoms with E-state index in [2.05, 4.69) is 6.92 Å². The average molecular weight is 114 g/mol. The van der Waals surface area contributed by atoms with Crippen molar-refractivity contribution in [1.82, 2.24) is 4.90 Å². The first-order valence-electron chi connectivity index (χ1n) is 2.80. The predicted octanol–water partition coefficient (Wildman–Crippen LogP) is 0.758. The van der Waals surface area contributed by atoms with Gasteiger partial charge in [0, 0.05) is 26.0 Å². The van der Waals surface area contributed by atoms with Crippen LogP contribution in [-0.2, 0) is 0 Å². The third-order valence-electron chi connectivity index (χ3n) is 1.13. The van der Waals surface area contributed by atoms with Crippen molar-refractivity contribution in [2.24, 2.45) is 5.73 Å². The lowest BCUT2D eigenvalue weighted by Crippen LogP contribution is -2.11. The van der Waals surface area contributed by atoms with Crippen molar-refractivity contribution in [1.29, 1.82) is 0 Å². The van der Waals surface area contributed by atoms with Gasteiger partial charge in [0.15, 0.2) is 0 Å². The fourth-order valence-electron chi connectivity index (χ4n) is 0.583. The Morgan fingerprint density at radius 2 is 2.12 bits per heavy atom. The molecule has 0 spiro atoms. The molecule has 0 bridgehead atoms. The van der Waals surface area contributed by atoms with Gasteiger partial charge in [-0.15, -0.1) is 0 Å². The normalized spacial score (nSPS) is 11.6. The van der Waals surface area contributed by atoms with Crippen LogP contribution in [0.1, 0.15) is 13.3 Å². The lowest BCUT2D eigenvalue weighted by atomic mass is 10.3. The monoisotopic (exact) mass is 114 g/mol. The zero-order valence-electron chi connectivity index (χ0n) is 5.81. The van der Waals surface area contributed by atoms with Crippen LogP contribution in [0.3, 0.4) is 0 Å². The fraction of sp³-hybridized carbons (Fsp3) is 0.667. The molecule has 0 saturated heterocycles. The smallest absolute Gasteiger partial charge is 0.0282 e. The van der Waals surface area contributed by atoms with Crippen LogP contribution in [0.15, 0.2) is 11.9 Å². The van der Waals surface area contributed by atoms with Gasteiger partial charge >= 0.3 is 0 Å². The van der Waals surface area contributed by atoms with Gasteiger partial charge in [-0.3, -0.25) is 0 Å². The Morgan fingerprint density at radius 1 is 1.62 bits per heavy atom. The summed E-state index contributed by atoms with van der Waals surface area (Å²) in [7, 11) is 3.98. The SMILES string of the molecule is CC/C(=C/N)N(C)C. The Hall–Kier alpha value is -0.660. The maximum atomic E-state index is 5.28. The molecule has 0 aliphatic rings. The predicted molar refractivity (Wildman–Crippen MR) is 36.2 cm³/mol. The van der Waals surface area contributed by atoms with Crippen molar-refractivity contribution >= 4 is 0 Å². The topological polar surface area (TPSA) is 29.3 Å². The largest absolute Gasteiger partial charge is 0.403 e. The van der Waals surface area contributed by atoms with Gasteiger partial charge in [0.2, 0.25) is 0 Å². The molecule has 0 aromatic rings. The van der Waals surface area contributed by atoms with Gasteiger partial charge in [0.1, 0.15) is 0 Å². The molecule has 0 amide bonds. The van der Waals surface area contributed by atoms with Gasteiger partial charge in [-0.1, -0.05) is 6.92 Å². The molecule has 0 fully saturated rings. The first kappa shape index (κ1) is 7.34. The minimum absolute atomic E-state index is 1.00. The van der Waals surface area contributed by atoms with Gasteiger partial charge < -0.3 is 10.6 Å². The molecule has 0 atom stereocenters. The average Bonchev–Trinajstić information content (AvgIpc) is 1.69. The summed E-state index contributed by atoms with van der Waals surface area (Å²) in [6, 6.07) is 0. The molecule has 0 aliphatic heterocycles. The number of hydrogen-bond donors (Lipinski definition) is 1. The lowest BCUT2D eigenvalue weighted by Gasteiger charge is -2.13. The molecule has 2 heteroatoms. The number of rotatable bonds is 2. The standard InChI is InChI=1S/C6H14N2/c1-4-6(5-7)8(2)3/h5H,4,7H2,1-3H3/b6-5-. The Bertz CT molecular complexity index is 84.5. The molecule has 2 nitrogen and oxygen atoms in total. The minimum atomic E-state index is 1.00. The van der Waals surface area contributed by atoms with Crippen molar-refractivity contribution in [2.75, 3.05) is 14.1 Å². The maximum Gasteiger partial charge on any atom is 0.0282 e. The van der Waals surface area contributed by atoms with E-state index in [0.29, 0.717) is 0 Å². The van der Waals surface area contributed by atoms with Crippen molar-refractivity contribution < 1.29 is 0 Å². The molecule has 2 N–H and O–H groups in total. The van der Waals surface area contributed by atoms with E-state index >= 15 is 0 Å². The third-order valence-corrected chi connectivity index (χ3v) is 1.13. The van der Waals surface area contributed by atoms with Crippen LogP contribution >= 0.6 is 0 Å². The number of nitrogens with zero attached hydrogens (tertiary/aromatic N) is 1. The number of nitrogens with two attached hydrogens (primary N) is 1. The highest BCUT2D eigenvalue weighted by atomic mass is 15.1. The summed E-state index contributed by atoms with van der Waals surface area (Å²) in [5.41, 5.74) is 6.45. The van der Waals surface area contributed by atoms with Crippen molar-refractivity contribution in [3.05, 3.63) is 11.9 Å². The van der Waals surface area contributed by atoms with E-state index in [1.54, 1.807) is 6.20 Å². The van der Waals surface area contributed by atoms with Crippen LogP contribution in [0.4, 0.5) is 0 Å². The molecule has 0 radical (unpaired) electrons. The number of allylic oxidation sites excluding steroid dienone is 1. The first-order valence-corrected chi connectivity index (χ1v) is 2.80. The first-order chi connectivity index (χ1) is 3.72. The van der Waals surface area contributed by atoms with Crippen LogP contribution in [0, 0.1) is 0 Å². The summed E-state index contributed by atoms with van der Waals surface area (Å²) in [5.74, 6) is 0. The van der Waals surface area contributed by atoms with Gasteiger partial charge in [-0.2, -0.15) is 0 Å². The molecule has 0 saturated carbocycles. The van der Waals surface area contributed by atoms with E-state index in [9.17, 15) is 0 Å². The quantitative estimate of drug-likeness (QED) is 0.574.